The maximum atomic E-state index is 12.6. The summed E-state index contributed by atoms with van der Waals surface area (Å²) in [4.78, 5) is 17.6. The fourth-order valence-corrected chi connectivity index (χ4v) is 3.39. The Hall–Kier alpha value is -2.86. The smallest absolute Gasteiger partial charge is 0.274 e. The van der Waals surface area contributed by atoms with E-state index in [2.05, 4.69) is 4.98 Å². The SMILES string of the molecule is O=c1/c(=C/c2ccc(O)cc2O)sc2nc3ccccc3n12. The first-order valence-electron chi connectivity index (χ1n) is 6.57. The lowest BCUT2D eigenvalue weighted by atomic mass is 10.2. The van der Waals surface area contributed by atoms with Gasteiger partial charge in [-0.3, -0.25) is 4.79 Å². The van der Waals surface area contributed by atoms with Crippen LogP contribution in [0, 0.1) is 0 Å². The quantitative estimate of drug-likeness (QED) is 0.563. The number of phenolic OH excluding ortho intramolecular Hbond substituents is 2. The van der Waals surface area contributed by atoms with Gasteiger partial charge >= 0.3 is 0 Å². The summed E-state index contributed by atoms with van der Waals surface area (Å²) in [6, 6.07) is 11.7. The number of aromatic hydroxyl groups is 2. The van der Waals surface area contributed by atoms with Crippen LogP contribution in [-0.2, 0) is 0 Å². The second kappa shape index (κ2) is 4.57. The summed E-state index contributed by atoms with van der Waals surface area (Å²) >= 11 is 1.27. The van der Waals surface area contributed by atoms with Crippen molar-refractivity contribution in [1.29, 1.82) is 0 Å². The van der Waals surface area contributed by atoms with Gasteiger partial charge in [0.15, 0.2) is 4.96 Å². The van der Waals surface area contributed by atoms with E-state index < -0.39 is 0 Å². The van der Waals surface area contributed by atoms with Crippen LogP contribution in [0.25, 0.3) is 22.1 Å². The van der Waals surface area contributed by atoms with Gasteiger partial charge in [-0.2, -0.15) is 0 Å². The Morgan fingerprint density at radius 2 is 1.95 bits per heavy atom. The van der Waals surface area contributed by atoms with Crippen LogP contribution in [0.1, 0.15) is 5.56 Å². The molecule has 2 aromatic carbocycles. The Labute approximate surface area is 128 Å². The van der Waals surface area contributed by atoms with Crippen molar-refractivity contribution in [2.24, 2.45) is 0 Å². The molecule has 0 aliphatic carbocycles. The maximum absolute atomic E-state index is 12.6. The molecule has 0 saturated heterocycles. The molecule has 22 heavy (non-hydrogen) atoms. The van der Waals surface area contributed by atoms with Crippen LogP contribution in [0.5, 0.6) is 11.5 Å². The normalized spacial score (nSPS) is 12.5. The largest absolute Gasteiger partial charge is 0.508 e. The van der Waals surface area contributed by atoms with E-state index in [4.69, 9.17) is 0 Å². The monoisotopic (exact) mass is 310 g/mol. The van der Waals surface area contributed by atoms with Gasteiger partial charge in [0.05, 0.1) is 15.6 Å². The lowest BCUT2D eigenvalue weighted by molar-refractivity contribution is 0.450. The molecule has 4 rings (SSSR count). The molecule has 0 amide bonds. The molecule has 0 fully saturated rings. The molecule has 0 aliphatic rings. The highest BCUT2D eigenvalue weighted by Gasteiger charge is 2.10. The van der Waals surface area contributed by atoms with Gasteiger partial charge in [-0.1, -0.05) is 23.5 Å². The summed E-state index contributed by atoms with van der Waals surface area (Å²) in [5.41, 5.74) is 1.86. The molecular weight excluding hydrogens is 300 g/mol. The summed E-state index contributed by atoms with van der Waals surface area (Å²) in [6.45, 7) is 0. The van der Waals surface area contributed by atoms with Crippen LogP contribution < -0.4 is 10.1 Å². The molecule has 0 atom stereocenters. The first-order valence-corrected chi connectivity index (χ1v) is 7.39. The summed E-state index contributed by atoms with van der Waals surface area (Å²) in [5, 5.41) is 19.1. The zero-order valence-corrected chi connectivity index (χ0v) is 12.0. The fourth-order valence-electron chi connectivity index (χ4n) is 2.41. The minimum Gasteiger partial charge on any atom is -0.508 e. The number of imidazole rings is 1. The Morgan fingerprint density at radius 3 is 2.77 bits per heavy atom. The van der Waals surface area contributed by atoms with Crippen LogP contribution in [-0.4, -0.2) is 19.6 Å². The van der Waals surface area contributed by atoms with E-state index >= 15 is 0 Å². The molecule has 2 heterocycles. The van der Waals surface area contributed by atoms with Gasteiger partial charge in [0.1, 0.15) is 11.5 Å². The van der Waals surface area contributed by atoms with E-state index in [1.807, 2.05) is 24.3 Å². The number of benzene rings is 2. The number of fused-ring (bicyclic) bond motifs is 3. The molecule has 5 nitrogen and oxygen atoms in total. The number of nitrogens with zero attached hydrogens (tertiary/aromatic N) is 2. The van der Waals surface area contributed by atoms with Crippen LogP contribution in [0.3, 0.4) is 0 Å². The third-order valence-corrected chi connectivity index (χ3v) is 4.41. The maximum Gasteiger partial charge on any atom is 0.274 e. The van der Waals surface area contributed by atoms with E-state index in [9.17, 15) is 15.0 Å². The minimum absolute atomic E-state index is 0.0241. The van der Waals surface area contributed by atoms with Crippen molar-refractivity contribution in [3.8, 4) is 11.5 Å². The highest BCUT2D eigenvalue weighted by atomic mass is 32.1. The lowest BCUT2D eigenvalue weighted by Crippen LogP contribution is -2.22. The number of hydrogen-bond donors (Lipinski definition) is 2. The van der Waals surface area contributed by atoms with Gasteiger partial charge in [-0.15, -0.1) is 0 Å². The summed E-state index contributed by atoms with van der Waals surface area (Å²) < 4.78 is 2.05. The average Bonchev–Trinajstić information content (AvgIpc) is 2.99. The van der Waals surface area contributed by atoms with Crippen molar-refractivity contribution in [2.75, 3.05) is 0 Å². The summed E-state index contributed by atoms with van der Waals surface area (Å²) in [5.74, 6) is -0.0979. The number of thiazole rings is 1. The topological polar surface area (TPSA) is 74.8 Å². The molecule has 108 valence electrons. The molecule has 4 aromatic rings. The Kier molecular flexibility index (Phi) is 2.67. The second-order valence-electron chi connectivity index (χ2n) is 4.88. The number of rotatable bonds is 1. The van der Waals surface area contributed by atoms with Gasteiger partial charge < -0.3 is 10.2 Å². The van der Waals surface area contributed by atoms with E-state index in [-0.39, 0.29) is 17.1 Å². The highest BCUT2D eigenvalue weighted by Crippen LogP contribution is 2.23. The molecule has 2 aromatic heterocycles. The molecule has 0 saturated carbocycles. The van der Waals surface area contributed by atoms with E-state index in [1.54, 1.807) is 16.5 Å². The first-order chi connectivity index (χ1) is 10.6. The average molecular weight is 310 g/mol. The Morgan fingerprint density at radius 1 is 1.14 bits per heavy atom. The molecule has 0 radical (unpaired) electrons. The number of aromatic nitrogens is 2. The lowest BCUT2D eigenvalue weighted by Gasteiger charge is -1.98. The van der Waals surface area contributed by atoms with E-state index in [1.165, 1.54) is 23.5 Å². The summed E-state index contributed by atoms with van der Waals surface area (Å²) in [7, 11) is 0. The van der Waals surface area contributed by atoms with Crippen LogP contribution in [0.15, 0.2) is 47.3 Å². The first kappa shape index (κ1) is 12.8. The van der Waals surface area contributed by atoms with Crippen LogP contribution >= 0.6 is 11.3 Å². The summed E-state index contributed by atoms with van der Waals surface area (Å²) in [6.07, 6.45) is 1.60. The predicted octanol–water partition coefficient (Wildman–Crippen LogP) is 1.87. The zero-order valence-electron chi connectivity index (χ0n) is 11.2. The minimum atomic E-state index is -0.166. The Bertz CT molecular complexity index is 1130. The number of hydrogen-bond acceptors (Lipinski definition) is 5. The standard InChI is InChI=1S/C16H10N2O3S/c19-10-6-5-9(13(20)8-10)7-14-15(21)18-12-4-2-1-3-11(12)17-16(18)22-14/h1-8,19-20H/b14-7-. The van der Waals surface area contributed by atoms with Gasteiger partial charge in [0.25, 0.3) is 5.56 Å². The number of para-hydroxylation sites is 2. The van der Waals surface area contributed by atoms with Crippen molar-refractivity contribution in [3.63, 3.8) is 0 Å². The molecule has 6 heteroatoms. The highest BCUT2D eigenvalue weighted by molar-refractivity contribution is 7.15. The molecule has 2 N–H and O–H groups in total. The van der Waals surface area contributed by atoms with Crippen molar-refractivity contribution < 1.29 is 10.2 Å². The van der Waals surface area contributed by atoms with Gasteiger partial charge in [0, 0.05) is 11.6 Å². The van der Waals surface area contributed by atoms with E-state index in [0.717, 1.165) is 11.0 Å². The van der Waals surface area contributed by atoms with Crippen molar-refractivity contribution in [3.05, 3.63) is 62.9 Å². The molecule has 0 bridgehead atoms. The zero-order chi connectivity index (χ0) is 15.3. The van der Waals surface area contributed by atoms with Gasteiger partial charge in [-0.05, 0) is 30.3 Å². The molecule has 0 spiro atoms. The molecule has 0 unspecified atom stereocenters. The van der Waals surface area contributed by atoms with Crippen molar-refractivity contribution in [2.45, 2.75) is 0 Å². The third kappa shape index (κ3) is 1.85. The third-order valence-electron chi connectivity index (χ3n) is 3.45. The number of phenols is 2. The second-order valence-corrected chi connectivity index (χ2v) is 5.89. The van der Waals surface area contributed by atoms with Crippen LogP contribution in [0.4, 0.5) is 0 Å². The predicted molar refractivity (Wildman–Crippen MR) is 85.4 cm³/mol. The van der Waals surface area contributed by atoms with Crippen LogP contribution in [0.2, 0.25) is 0 Å². The Balaban J connectivity index is 2.01. The van der Waals surface area contributed by atoms with E-state index in [0.29, 0.717) is 15.1 Å². The van der Waals surface area contributed by atoms with Gasteiger partial charge in [0.2, 0.25) is 0 Å². The molecular formula is C16H10N2O3S. The van der Waals surface area contributed by atoms with Crippen molar-refractivity contribution in [1.82, 2.24) is 9.38 Å². The van der Waals surface area contributed by atoms with Crippen molar-refractivity contribution >= 4 is 33.4 Å². The fraction of sp³-hybridized carbons (Fsp3) is 0. The van der Waals surface area contributed by atoms with Gasteiger partial charge in [-0.25, -0.2) is 9.38 Å². The molecule has 0 aliphatic heterocycles.